The minimum Gasteiger partial charge on any atom is -0.369 e. The number of piperazine rings is 1. The molecule has 6 nitrogen and oxygen atoms in total. The number of para-hydroxylation sites is 1. The highest BCUT2D eigenvalue weighted by Crippen LogP contribution is 2.30. The van der Waals surface area contributed by atoms with Gasteiger partial charge in [0.05, 0.1) is 6.04 Å². The van der Waals surface area contributed by atoms with Crippen molar-refractivity contribution in [1.29, 1.82) is 0 Å². The van der Waals surface area contributed by atoms with Gasteiger partial charge >= 0.3 is 11.8 Å². The van der Waals surface area contributed by atoms with Gasteiger partial charge in [-0.3, -0.25) is 14.5 Å². The molecular formula is C27H32N4O2S. The Kier molecular flexibility index (Phi) is 8.33. The van der Waals surface area contributed by atoms with Crippen molar-refractivity contribution < 1.29 is 9.59 Å². The molecule has 34 heavy (non-hydrogen) atoms. The van der Waals surface area contributed by atoms with Gasteiger partial charge in [-0.05, 0) is 42.5 Å². The molecule has 2 N–H and O–H groups in total. The van der Waals surface area contributed by atoms with Crippen molar-refractivity contribution in [1.82, 2.24) is 15.5 Å². The Morgan fingerprint density at radius 1 is 0.882 bits per heavy atom. The molecule has 2 atom stereocenters. The Labute approximate surface area is 205 Å². The molecule has 1 fully saturated rings. The van der Waals surface area contributed by atoms with E-state index in [1.54, 1.807) is 11.3 Å². The van der Waals surface area contributed by atoms with Crippen LogP contribution in [0.15, 0.2) is 78.2 Å². The molecule has 0 spiro atoms. The van der Waals surface area contributed by atoms with Crippen molar-refractivity contribution in [2.24, 2.45) is 0 Å². The predicted molar refractivity (Wildman–Crippen MR) is 138 cm³/mol. The Morgan fingerprint density at radius 2 is 1.56 bits per heavy atom. The minimum absolute atomic E-state index is 0.0268. The summed E-state index contributed by atoms with van der Waals surface area (Å²) in [5.41, 5.74) is 2.37. The number of carbonyl (C=O) groups excluding carboxylic acids is 2. The number of anilines is 1. The van der Waals surface area contributed by atoms with Crippen LogP contribution in [-0.2, 0) is 16.0 Å². The van der Waals surface area contributed by atoms with E-state index in [0.29, 0.717) is 13.0 Å². The molecule has 178 valence electrons. The summed E-state index contributed by atoms with van der Waals surface area (Å²) < 4.78 is 0. The first-order valence-corrected chi connectivity index (χ1v) is 12.7. The van der Waals surface area contributed by atoms with Crippen LogP contribution in [0.5, 0.6) is 0 Å². The van der Waals surface area contributed by atoms with Crippen LogP contribution in [-0.4, -0.2) is 55.5 Å². The van der Waals surface area contributed by atoms with E-state index in [2.05, 4.69) is 56.1 Å². The fourth-order valence-corrected chi connectivity index (χ4v) is 5.46. The lowest BCUT2D eigenvalue weighted by atomic mass is 10.0. The Balaban J connectivity index is 1.33. The fourth-order valence-electron chi connectivity index (χ4n) is 4.50. The van der Waals surface area contributed by atoms with Crippen molar-refractivity contribution in [2.75, 3.05) is 37.6 Å². The van der Waals surface area contributed by atoms with Gasteiger partial charge in [-0.1, -0.05) is 54.6 Å². The summed E-state index contributed by atoms with van der Waals surface area (Å²) in [5, 5.41) is 7.77. The van der Waals surface area contributed by atoms with E-state index in [4.69, 9.17) is 0 Å². The largest absolute Gasteiger partial charge is 0.369 e. The van der Waals surface area contributed by atoms with Crippen LogP contribution >= 0.6 is 11.3 Å². The third-order valence-corrected chi connectivity index (χ3v) is 7.19. The average molecular weight is 477 g/mol. The highest BCUT2D eigenvalue weighted by atomic mass is 32.1. The highest BCUT2D eigenvalue weighted by molar-refractivity contribution is 7.10. The van der Waals surface area contributed by atoms with E-state index in [-0.39, 0.29) is 12.1 Å². The van der Waals surface area contributed by atoms with Gasteiger partial charge < -0.3 is 15.5 Å². The molecule has 1 aliphatic rings. The highest BCUT2D eigenvalue weighted by Gasteiger charge is 2.31. The number of nitrogens with zero attached hydrogens (tertiary/aromatic N) is 2. The van der Waals surface area contributed by atoms with Crippen molar-refractivity contribution in [2.45, 2.75) is 25.4 Å². The normalized spacial score (nSPS) is 16.0. The van der Waals surface area contributed by atoms with Crippen molar-refractivity contribution in [3.8, 4) is 0 Å². The topological polar surface area (TPSA) is 64.7 Å². The van der Waals surface area contributed by atoms with Crippen LogP contribution < -0.4 is 15.5 Å². The molecule has 2 amide bonds. The van der Waals surface area contributed by atoms with Crippen molar-refractivity contribution >= 4 is 28.8 Å². The smallest absolute Gasteiger partial charge is 0.309 e. The number of rotatable bonds is 8. The van der Waals surface area contributed by atoms with Gasteiger partial charge in [-0.15, -0.1) is 11.3 Å². The van der Waals surface area contributed by atoms with Gasteiger partial charge in [-0.25, -0.2) is 0 Å². The summed E-state index contributed by atoms with van der Waals surface area (Å²) in [6.45, 7) is 6.05. The Bertz CT molecular complexity index is 1040. The zero-order valence-corrected chi connectivity index (χ0v) is 20.3. The van der Waals surface area contributed by atoms with Crippen LogP contribution in [0.25, 0.3) is 0 Å². The van der Waals surface area contributed by atoms with Crippen molar-refractivity contribution in [3.05, 3.63) is 88.6 Å². The van der Waals surface area contributed by atoms with Crippen LogP contribution in [0.1, 0.15) is 23.4 Å². The standard InChI is InChI=1S/C27H32N4O2S/c1-21(29-27(33)26(32)28-15-14-22-9-4-2-5-10-22)25(24-13-8-20-34-24)31-18-16-30(17-19-31)23-11-6-3-7-12-23/h2-13,20-21,25H,14-19H2,1H3,(H,28,32)(H,29,33)/t21-,25-/m0/s1. The van der Waals surface area contributed by atoms with Gasteiger partial charge in [0.25, 0.3) is 0 Å². The maximum atomic E-state index is 12.6. The Hall–Kier alpha value is -3.16. The SMILES string of the molecule is C[C@H](NC(=O)C(=O)NCCc1ccccc1)[C@@H](c1cccs1)N1CCN(c2ccccc2)CC1. The molecule has 0 bridgehead atoms. The third-order valence-electron chi connectivity index (χ3n) is 6.24. The second-order valence-electron chi connectivity index (χ2n) is 8.57. The lowest BCUT2D eigenvalue weighted by Crippen LogP contribution is -2.53. The molecule has 0 saturated carbocycles. The fraction of sp³-hybridized carbons (Fsp3) is 0.333. The monoisotopic (exact) mass is 476 g/mol. The van der Waals surface area contributed by atoms with Gasteiger partial charge in [0.15, 0.2) is 0 Å². The first-order chi connectivity index (χ1) is 16.6. The number of amides is 2. The third kappa shape index (κ3) is 6.24. The Morgan fingerprint density at radius 3 is 2.21 bits per heavy atom. The lowest BCUT2D eigenvalue weighted by molar-refractivity contribution is -0.139. The number of hydrogen-bond donors (Lipinski definition) is 2. The summed E-state index contributed by atoms with van der Waals surface area (Å²) in [6.07, 6.45) is 0.693. The minimum atomic E-state index is -0.582. The number of nitrogens with one attached hydrogen (secondary N) is 2. The molecule has 1 aromatic heterocycles. The van der Waals surface area contributed by atoms with Crippen LogP contribution in [0, 0.1) is 0 Å². The zero-order chi connectivity index (χ0) is 23.8. The molecular weight excluding hydrogens is 444 g/mol. The first-order valence-electron chi connectivity index (χ1n) is 11.8. The van der Waals surface area contributed by atoms with Gasteiger partial charge in [0, 0.05) is 49.3 Å². The molecule has 0 unspecified atom stereocenters. The lowest BCUT2D eigenvalue weighted by Gasteiger charge is -2.42. The van der Waals surface area contributed by atoms with Crippen LogP contribution in [0.3, 0.4) is 0 Å². The van der Waals surface area contributed by atoms with E-state index >= 15 is 0 Å². The second kappa shape index (κ2) is 11.8. The van der Waals surface area contributed by atoms with Crippen LogP contribution in [0.2, 0.25) is 0 Å². The van der Waals surface area contributed by atoms with E-state index in [1.807, 2.05) is 49.4 Å². The molecule has 0 radical (unpaired) electrons. The predicted octanol–water partition coefficient (Wildman–Crippen LogP) is 3.48. The molecule has 4 rings (SSSR count). The van der Waals surface area contributed by atoms with Crippen molar-refractivity contribution in [3.63, 3.8) is 0 Å². The molecule has 2 aromatic carbocycles. The first kappa shape index (κ1) is 24.0. The molecule has 2 heterocycles. The average Bonchev–Trinajstić information content (AvgIpc) is 3.40. The number of benzene rings is 2. The maximum absolute atomic E-state index is 12.6. The van der Waals surface area contributed by atoms with Gasteiger partial charge in [0.2, 0.25) is 0 Å². The second-order valence-corrected chi connectivity index (χ2v) is 9.55. The molecule has 1 aliphatic heterocycles. The van der Waals surface area contributed by atoms with Crippen LogP contribution in [0.4, 0.5) is 5.69 Å². The quantitative estimate of drug-likeness (QED) is 0.489. The van der Waals surface area contributed by atoms with E-state index in [9.17, 15) is 9.59 Å². The molecule has 3 aromatic rings. The summed E-state index contributed by atoms with van der Waals surface area (Å²) in [4.78, 5) is 31.1. The van der Waals surface area contributed by atoms with E-state index in [1.165, 1.54) is 10.6 Å². The van der Waals surface area contributed by atoms with E-state index < -0.39 is 11.8 Å². The van der Waals surface area contributed by atoms with Gasteiger partial charge in [-0.2, -0.15) is 0 Å². The summed E-state index contributed by atoms with van der Waals surface area (Å²) in [6, 6.07) is 24.4. The molecule has 1 saturated heterocycles. The molecule has 0 aliphatic carbocycles. The number of thiophene rings is 1. The summed E-state index contributed by atoms with van der Waals surface area (Å²) >= 11 is 1.69. The number of hydrogen-bond acceptors (Lipinski definition) is 5. The summed E-state index contributed by atoms with van der Waals surface area (Å²) in [5.74, 6) is -1.16. The maximum Gasteiger partial charge on any atom is 0.309 e. The van der Waals surface area contributed by atoms with E-state index in [0.717, 1.165) is 31.7 Å². The molecule has 7 heteroatoms. The number of carbonyl (C=O) groups is 2. The summed E-state index contributed by atoms with van der Waals surface area (Å²) in [7, 11) is 0. The van der Waals surface area contributed by atoms with Gasteiger partial charge in [0.1, 0.15) is 0 Å². The zero-order valence-electron chi connectivity index (χ0n) is 19.5.